The van der Waals surface area contributed by atoms with Crippen molar-refractivity contribution in [1.82, 2.24) is 0 Å². The van der Waals surface area contributed by atoms with Crippen molar-refractivity contribution >= 4 is 18.6 Å². The molecule has 1 saturated heterocycles. The van der Waals surface area contributed by atoms with Crippen LogP contribution in [0.25, 0.3) is 0 Å². The van der Waals surface area contributed by atoms with Crippen LogP contribution in [0.5, 0.6) is 5.75 Å². The lowest BCUT2D eigenvalue weighted by molar-refractivity contribution is -0.143. The maximum Gasteiger partial charge on any atom is 0.497 e. The summed E-state index contributed by atoms with van der Waals surface area (Å²) in [5.41, 5.74) is -1.31. The summed E-state index contributed by atoms with van der Waals surface area (Å²) < 4.78 is 50.3. The molecule has 2 rings (SSSR count). The van der Waals surface area contributed by atoms with E-state index in [0.29, 0.717) is 13.0 Å². The summed E-state index contributed by atoms with van der Waals surface area (Å²) in [7, 11) is -0.993. The van der Waals surface area contributed by atoms with Gasteiger partial charge in [-0.15, -0.1) is 0 Å². The number of carbonyl (C=O) groups is 1. The highest BCUT2D eigenvalue weighted by Gasteiger charge is 2.52. The van der Waals surface area contributed by atoms with Gasteiger partial charge in [-0.05, 0) is 47.1 Å². The molecule has 8 heteroatoms. The lowest BCUT2D eigenvalue weighted by Crippen LogP contribution is -2.41. The monoisotopic (exact) mass is 370 g/mol. The van der Waals surface area contributed by atoms with E-state index in [1.54, 1.807) is 6.92 Å². The fourth-order valence-corrected chi connectivity index (χ4v) is 2.44. The van der Waals surface area contributed by atoms with Crippen LogP contribution in [0.15, 0.2) is 12.1 Å². The van der Waals surface area contributed by atoms with E-state index in [2.05, 4.69) is 0 Å². The molecular formula is C18H25BF2O5. The van der Waals surface area contributed by atoms with Crippen LogP contribution < -0.4 is 10.2 Å². The summed E-state index contributed by atoms with van der Waals surface area (Å²) in [6.07, 6.45) is 0.503. The van der Waals surface area contributed by atoms with Crippen molar-refractivity contribution in [3.8, 4) is 5.75 Å². The zero-order chi connectivity index (χ0) is 19.5. The molecule has 26 heavy (non-hydrogen) atoms. The number of benzene rings is 1. The summed E-state index contributed by atoms with van der Waals surface area (Å²) in [6, 6.07) is 2.00. The molecule has 0 aromatic heterocycles. The van der Waals surface area contributed by atoms with E-state index in [1.165, 1.54) is 0 Å². The molecule has 0 radical (unpaired) electrons. The molecule has 0 bridgehead atoms. The highest BCUT2D eigenvalue weighted by atomic mass is 19.1. The Kier molecular flexibility index (Phi) is 6.29. The Hall–Kier alpha value is -1.67. The minimum Gasteiger partial charge on any atom is -0.490 e. The van der Waals surface area contributed by atoms with Crippen LogP contribution in [0, 0.1) is 11.6 Å². The predicted octanol–water partition coefficient (Wildman–Crippen LogP) is 2.99. The summed E-state index contributed by atoms with van der Waals surface area (Å²) >= 11 is 0. The highest BCUT2D eigenvalue weighted by Crippen LogP contribution is 2.37. The number of esters is 1. The summed E-state index contributed by atoms with van der Waals surface area (Å²) in [4.78, 5) is 11.2. The Labute approximate surface area is 153 Å². The standard InChI is InChI=1S/C18H25BF2O5/c1-6-23-16(22)8-7-9-24-15-11-13(20)12(10-14(15)21)19-25-17(2,3)18(4,5)26-19/h10-11H,6-9H2,1-5H3. The van der Waals surface area contributed by atoms with Gasteiger partial charge < -0.3 is 18.8 Å². The smallest absolute Gasteiger partial charge is 0.490 e. The van der Waals surface area contributed by atoms with Crippen LogP contribution in [0.3, 0.4) is 0 Å². The van der Waals surface area contributed by atoms with E-state index in [0.717, 1.165) is 12.1 Å². The average Bonchev–Trinajstić information content (AvgIpc) is 2.74. The SMILES string of the molecule is CCOC(=O)CCCOc1cc(F)c(B2OC(C)(C)C(C)(C)O2)cc1F. The molecule has 1 fully saturated rings. The third-order valence-corrected chi connectivity index (χ3v) is 4.65. The Morgan fingerprint density at radius 1 is 1.12 bits per heavy atom. The Bertz CT molecular complexity index is 647. The molecule has 0 N–H and O–H groups in total. The van der Waals surface area contributed by atoms with Gasteiger partial charge in [-0.3, -0.25) is 4.79 Å². The van der Waals surface area contributed by atoms with Crippen molar-refractivity contribution < 1.29 is 32.4 Å². The summed E-state index contributed by atoms with van der Waals surface area (Å²) in [5, 5.41) is 0. The second-order valence-electron chi connectivity index (χ2n) is 7.15. The molecule has 0 amide bonds. The lowest BCUT2D eigenvalue weighted by Gasteiger charge is -2.32. The van der Waals surface area contributed by atoms with Crippen LogP contribution in [0.4, 0.5) is 8.78 Å². The van der Waals surface area contributed by atoms with E-state index in [-0.39, 0.29) is 30.2 Å². The number of ether oxygens (including phenoxy) is 2. The average molecular weight is 370 g/mol. The van der Waals surface area contributed by atoms with Gasteiger partial charge in [0.2, 0.25) is 0 Å². The van der Waals surface area contributed by atoms with E-state index in [9.17, 15) is 13.6 Å². The van der Waals surface area contributed by atoms with Crippen LogP contribution in [0.2, 0.25) is 0 Å². The zero-order valence-electron chi connectivity index (χ0n) is 15.9. The fraction of sp³-hybridized carbons (Fsp3) is 0.611. The van der Waals surface area contributed by atoms with Gasteiger partial charge >= 0.3 is 13.1 Å². The molecule has 144 valence electrons. The highest BCUT2D eigenvalue weighted by molar-refractivity contribution is 6.62. The van der Waals surface area contributed by atoms with Gasteiger partial charge in [-0.25, -0.2) is 8.78 Å². The van der Waals surface area contributed by atoms with Crippen LogP contribution in [-0.4, -0.2) is 37.5 Å². The molecule has 1 aromatic rings. The van der Waals surface area contributed by atoms with Crippen molar-refractivity contribution in [1.29, 1.82) is 0 Å². The molecular weight excluding hydrogens is 345 g/mol. The molecule has 5 nitrogen and oxygen atoms in total. The largest absolute Gasteiger partial charge is 0.497 e. The quantitative estimate of drug-likeness (QED) is 0.420. The fourth-order valence-electron chi connectivity index (χ4n) is 2.44. The Morgan fingerprint density at radius 2 is 1.73 bits per heavy atom. The minimum absolute atomic E-state index is 0.0139. The van der Waals surface area contributed by atoms with Crippen LogP contribution in [0.1, 0.15) is 47.5 Å². The number of hydrogen-bond acceptors (Lipinski definition) is 5. The van der Waals surface area contributed by atoms with Crippen molar-refractivity contribution in [3.05, 3.63) is 23.8 Å². The van der Waals surface area contributed by atoms with Gasteiger partial charge in [-0.1, -0.05) is 0 Å². The Balaban J connectivity index is 2.01. The lowest BCUT2D eigenvalue weighted by atomic mass is 9.78. The third-order valence-electron chi connectivity index (χ3n) is 4.65. The molecule has 1 heterocycles. The number of hydrogen-bond donors (Lipinski definition) is 0. The molecule has 1 aliphatic rings. The van der Waals surface area contributed by atoms with Crippen molar-refractivity contribution in [2.24, 2.45) is 0 Å². The first-order chi connectivity index (χ1) is 12.1. The molecule has 0 spiro atoms. The number of halogens is 2. The molecule has 1 aromatic carbocycles. The Morgan fingerprint density at radius 3 is 2.31 bits per heavy atom. The van der Waals surface area contributed by atoms with Gasteiger partial charge in [0.05, 0.1) is 24.4 Å². The molecule has 0 aliphatic carbocycles. The summed E-state index contributed by atoms with van der Waals surface area (Å²) in [6.45, 7) is 9.44. The van der Waals surface area contributed by atoms with Gasteiger partial charge in [0.15, 0.2) is 11.6 Å². The normalized spacial score (nSPS) is 18.0. The predicted molar refractivity (Wildman–Crippen MR) is 93.4 cm³/mol. The van der Waals surface area contributed by atoms with Crippen molar-refractivity contribution in [3.63, 3.8) is 0 Å². The van der Waals surface area contributed by atoms with E-state index in [4.69, 9.17) is 18.8 Å². The first-order valence-electron chi connectivity index (χ1n) is 8.70. The maximum absolute atomic E-state index is 14.4. The zero-order valence-corrected chi connectivity index (χ0v) is 15.9. The summed E-state index contributed by atoms with van der Waals surface area (Å²) in [5.74, 6) is -1.96. The van der Waals surface area contributed by atoms with Gasteiger partial charge in [0.25, 0.3) is 0 Å². The first kappa shape index (κ1) is 20.6. The first-order valence-corrected chi connectivity index (χ1v) is 8.70. The van der Waals surface area contributed by atoms with Crippen LogP contribution >= 0.6 is 0 Å². The van der Waals surface area contributed by atoms with Crippen molar-refractivity contribution in [2.45, 2.75) is 58.7 Å². The van der Waals surface area contributed by atoms with Crippen molar-refractivity contribution in [2.75, 3.05) is 13.2 Å². The second kappa shape index (κ2) is 7.92. The topological polar surface area (TPSA) is 54.0 Å². The minimum atomic E-state index is -0.993. The third kappa shape index (κ3) is 4.54. The second-order valence-corrected chi connectivity index (χ2v) is 7.15. The molecule has 1 aliphatic heterocycles. The van der Waals surface area contributed by atoms with Gasteiger partial charge in [0, 0.05) is 17.9 Å². The van der Waals surface area contributed by atoms with E-state index >= 15 is 0 Å². The van der Waals surface area contributed by atoms with Gasteiger partial charge in [-0.2, -0.15) is 0 Å². The van der Waals surface area contributed by atoms with Gasteiger partial charge in [0.1, 0.15) is 5.82 Å². The maximum atomic E-state index is 14.4. The molecule has 0 saturated carbocycles. The van der Waals surface area contributed by atoms with E-state index in [1.807, 2.05) is 27.7 Å². The molecule has 0 atom stereocenters. The molecule has 0 unspecified atom stereocenters. The van der Waals surface area contributed by atoms with E-state index < -0.39 is 30.0 Å². The number of carbonyl (C=O) groups excluding carboxylic acids is 1. The number of rotatable bonds is 7. The van der Waals surface area contributed by atoms with Crippen LogP contribution in [-0.2, 0) is 18.8 Å².